The summed E-state index contributed by atoms with van der Waals surface area (Å²) in [6, 6.07) is 8.29. The predicted molar refractivity (Wildman–Crippen MR) is 118 cm³/mol. The molecule has 10 heteroatoms. The van der Waals surface area contributed by atoms with Crippen LogP contribution in [0.25, 0.3) is 0 Å². The molecule has 2 atom stereocenters. The smallest absolute Gasteiger partial charge is 0.348 e. The van der Waals surface area contributed by atoms with E-state index in [0.29, 0.717) is 23.9 Å². The van der Waals surface area contributed by atoms with E-state index in [0.717, 1.165) is 10.6 Å². The van der Waals surface area contributed by atoms with Crippen molar-refractivity contribution in [3.05, 3.63) is 52.1 Å². The number of carbonyl (C=O) groups excluding carboxylic acids is 2. The molecule has 1 aromatic carbocycles. The van der Waals surface area contributed by atoms with E-state index in [2.05, 4.69) is 4.98 Å². The number of hydrogen-bond donors (Lipinski definition) is 5. The topological polar surface area (TPSA) is 148 Å². The van der Waals surface area contributed by atoms with Crippen LogP contribution in [-0.4, -0.2) is 42.9 Å². The number of aliphatic hydroxyl groups excluding tert-OH is 1. The van der Waals surface area contributed by atoms with Gasteiger partial charge in [-0.1, -0.05) is 44.2 Å². The molecular weight excluding hydrogens is 416 g/mol. The van der Waals surface area contributed by atoms with Crippen molar-refractivity contribution in [1.29, 1.82) is 0 Å². The second-order valence-corrected chi connectivity index (χ2v) is 8.20. The zero-order valence-corrected chi connectivity index (χ0v) is 18.6. The van der Waals surface area contributed by atoms with Crippen molar-refractivity contribution >= 4 is 11.8 Å². The number of benzene rings is 1. The Kier molecular flexibility index (Phi) is 9.03. The van der Waals surface area contributed by atoms with Gasteiger partial charge < -0.3 is 15.2 Å². The average Bonchev–Trinajstić information content (AvgIpc) is 3.06. The summed E-state index contributed by atoms with van der Waals surface area (Å²) in [5.41, 5.74) is 1.54. The van der Waals surface area contributed by atoms with Crippen molar-refractivity contribution in [2.45, 2.75) is 65.0 Å². The first-order valence-electron chi connectivity index (χ1n) is 10.7. The first-order chi connectivity index (χ1) is 15.2. The molecule has 0 aliphatic heterocycles. The number of H-pyrrole nitrogens is 1. The largest absolute Gasteiger partial charge is 0.492 e. The minimum Gasteiger partial charge on any atom is -0.492 e. The molecule has 32 heavy (non-hydrogen) atoms. The van der Waals surface area contributed by atoms with Crippen molar-refractivity contribution in [2.75, 3.05) is 5.01 Å². The van der Waals surface area contributed by atoms with Gasteiger partial charge in [0.25, 0.3) is 5.91 Å². The van der Waals surface area contributed by atoms with Crippen molar-refractivity contribution in [2.24, 2.45) is 5.92 Å². The number of hydroxylamine groups is 1. The lowest BCUT2D eigenvalue weighted by Gasteiger charge is -2.30. The van der Waals surface area contributed by atoms with Gasteiger partial charge in [-0.05, 0) is 44.1 Å². The van der Waals surface area contributed by atoms with Crippen molar-refractivity contribution in [3.63, 3.8) is 0 Å². The van der Waals surface area contributed by atoms with E-state index >= 15 is 0 Å². The second-order valence-electron chi connectivity index (χ2n) is 8.20. The van der Waals surface area contributed by atoms with E-state index in [4.69, 9.17) is 0 Å². The normalized spacial score (nSPS) is 13.1. The summed E-state index contributed by atoms with van der Waals surface area (Å²) in [5, 5.41) is 30.6. The number of aliphatic hydroxyl groups is 1. The van der Waals surface area contributed by atoms with Crippen molar-refractivity contribution in [3.8, 4) is 5.88 Å². The Hall–Kier alpha value is -3.11. The van der Waals surface area contributed by atoms with Gasteiger partial charge in [-0.3, -0.25) is 14.8 Å². The summed E-state index contributed by atoms with van der Waals surface area (Å²) in [4.78, 5) is 40.6. The van der Waals surface area contributed by atoms with Gasteiger partial charge in [-0.15, -0.1) is 0 Å². The molecule has 2 rings (SSSR count). The van der Waals surface area contributed by atoms with Crippen LogP contribution in [0.2, 0.25) is 0 Å². The number of nitrogens with zero attached hydrogens (tertiary/aromatic N) is 2. The zero-order chi connectivity index (χ0) is 23.8. The highest BCUT2D eigenvalue weighted by molar-refractivity contribution is 5.94. The van der Waals surface area contributed by atoms with Gasteiger partial charge in [-0.2, -0.15) is 4.68 Å². The standard InChI is InChI=1S/C22H32N4O6/c1-14(2)12-13-18(28)25(26-21(30)19(15(3)27)23-22(26)31)17(20(29)24-32)11-7-10-16-8-5-4-6-9-16/h4-6,8-9,14-15,17,27,30,32H,7,10-13H2,1-3H3,(H,23,31)(H,24,29)/t15-,17-/m1/s1. The van der Waals surface area contributed by atoms with Crippen LogP contribution in [0, 0.1) is 5.92 Å². The predicted octanol–water partition coefficient (Wildman–Crippen LogP) is 1.73. The molecule has 10 nitrogen and oxygen atoms in total. The van der Waals surface area contributed by atoms with Crippen LogP contribution in [0.1, 0.15) is 63.8 Å². The third-order valence-corrected chi connectivity index (χ3v) is 5.19. The maximum absolute atomic E-state index is 13.1. The summed E-state index contributed by atoms with van der Waals surface area (Å²) in [6.45, 7) is 5.21. The molecule has 176 valence electrons. The number of aromatic hydroxyl groups is 1. The van der Waals surface area contributed by atoms with Crippen LogP contribution >= 0.6 is 0 Å². The molecule has 0 saturated carbocycles. The van der Waals surface area contributed by atoms with Crippen LogP contribution < -0.4 is 16.2 Å². The Labute approximate surface area is 186 Å². The number of hydrogen-bond acceptors (Lipinski definition) is 6. The zero-order valence-electron chi connectivity index (χ0n) is 18.6. The van der Waals surface area contributed by atoms with Crippen LogP contribution in [0.4, 0.5) is 0 Å². The molecule has 0 spiro atoms. The van der Waals surface area contributed by atoms with E-state index in [-0.39, 0.29) is 24.5 Å². The number of amides is 2. The van der Waals surface area contributed by atoms with Crippen molar-refractivity contribution in [1.82, 2.24) is 15.1 Å². The quantitative estimate of drug-likeness (QED) is 0.261. The summed E-state index contributed by atoms with van der Waals surface area (Å²) < 4.78 is 0.660. The number of aromatic amines is 1. The van der Waals surface area contributed by atoms with Gasteiger partial charge in [0.15, 0.2) is 0 Å². The van der Waals surface area contributed by atoms with Gasteiger partial charge in [0, 0.05) is 6.42 Å². The molecule has 1 heterocycles. The van der Waals surface area contributed by atoms with E-state index in [9.17, 15) is 29.8 Å². The summed E-state index contributed by atoms with van der Waals surface area (Å²) in [5.74, 6) is -1.93. The Morgan fingerprint density at radius 3 is 2.34 bits per heavy atom. The van der Waals surface area contributed by atoms with Gasteiger partial charge in [0.2, 0.25) is 11.8 Å². The molecule has 2 amide bonds. The number of carbonyl (C=O) groups is 2. The van der Waals surface area contributed by atoms with Gasteiger partial charge in [0.1, 0.15) is 11.7 Å². The lowest BCUT2D eigenvalue weighted by molar-refractivity contribution is -0.134. The fourth-order valence-electron chi connectivity index (χ4n) is 3.46. The molecule has 0 bridgehead atoms. The van der Waals surface area contributed by atoms with Crippen LogP contribution in [-0.2, 0) is 16.0 Å². The molecule has 0 saturated heterocycles. The molecule has 0 unspecified atom stereocenters. The molecule has 0 aliphatic rings. The fraction of sp³-hybridized carbons (Fsp3) is 0.500. The molecular formula is C22H32N4O6. The Morgan fingerprint density at radius 1 is 1.16 bits per heavy atom. The lowest BCUT2D eigenvalue weighted by atomic mass is 10.0. The van der Waals surface area contributed by atoms with Crippen molar-refractivity contribution < 1.29 is 25.0 Å². The second kappa shape index (κ2) is 11.5. The fourth-order valence-corrected chi connectivity index (χ4v) is 3.46. The number of aryl methyl sites for hydroxylation is 1. The summed E-state index contributed by atoms with van der Waals surface area (Å²) in [7, 11) is 0. The maximum atomic E-state index is 13.1. The minimum atomic E-state index is -1.26. The van der Waals surface area contributed by atoms with E-state index in [1.165, 1.54) is 6.92 Å². The molecule has 0 radical (unpaired) electrons. The highest BCUT2D eigenvalue weighted by Gasteiger charge is 2.35. The highest BCUT2D eigenvalue weighted by Crippen LogP contribution is 2.23. The maximum Gasteiger partial charge on any atom is 0.348 e. The lowest BCUT2D eigenvalue weighted by Crippen LogP contribution is -2.57. The summed E-state index contributed by atoms with van der Waals surface area (Å²) >= 11 is 0. The number of imidazole rings is 1. The minimum absolute atomic E-state index is 0.0205. The molecule has 5 N–H and O–H groups in total. The van der Waals surface area contributed by atoms with E-state index in [1.54, 1.807) is 5.48 Å². The number of aromatic nitrogens is 2. The van der Waals surface area contributed by atoms with Gasteiger partial charge >= 0.3 is 5.69 Å². The van der Waals surface area contributed by atoms with Crippen LogP contribution in [0.15, 0.2) is 35.1 Å². The SMILES string of the molecule is CC(C)CCC(=O)N([C@H](CCCc1ccccc1)C(=O)NO)n1c(O)c([C@@H](C)O)[nH]c1=O. The molecule has 0 aliphatic carbocycles. The average molecular weight is 449 g/mol. The Balaban J connectivity index is 2.42. The van der Waals surface area contributed by atoms with E-state index < -0.39 is 35.5 Å². The first kappa shape index (κ1) is 25.2. The molecule has 0 fully saturated rings. The Morgan fingerprint density at radius 2 is 1.81 bits per heavy atom. The van der Waals surface area contributed by atoms with Crippen LogP contribution in [0.3, 0.4) is 0 Å². The first-order valence-corrected chi connectivity index (χ1v) is 10.7. The van der Waals surface area contributed by atoms with E-state index in [1.807, 2.05) is 44.2 Å². The monoisotopic (exact) mass is 448 g/mol. The number of nitrogens with one attached hydrogen (secondary N) is 2. The van der Waals surface area contributed by atoms with Gasteiger partial charge in [0.05, 0.1) is 6.10 Å². The summed E-state index contributed by atoms with van der Waals surface area (Å²) in [6.07, 6.45) is 0.508. The third-order valence-electron chi connectivity index (χ3n) is 5.19. The highest BCUT2D eigenvalue weighted by atomic mass is 16.5. The number of rotatable bonds is 11. The molecule has 1 aromatic heterocycles. The Bertz CT molecular complexity index is 951. The molecule has 2 aromatic rings. The van der Waals surface area contributed by atoms with Gasteiger partial charge in [-0.25, -0.2) is 15.3 Å². The van der Waals surface area contributed by atoms with Crippen LogP contribution in [0.5, 0.6) is 5.88 Å². The third kappa shape index (κ3) is 6.21.